The Balaban J connectivity index is 1.57. The van der Waals surface area contributed by atoms with Crippen molar-refractivity contribution < 1.29 is 9.59 Å². The van der Waals surface area contributed by atoms with Crippen LogP contribution in [-0.4, -0.2) is 24.4 Å². The minimum atomic E-state index is -0.375. The average molecular weight is 351 g/mol. The molecule has 1 atom stereocenters. The molecule has 1 heterocycles. The molecule has 136 valence electrons. The van der Waals surface area contributed by atoms with Crippen molar-refractivity contribution in [2.45, 2.75) is 39.2 Å². The first-order valence-corrected chi connectivity index (χ1v) is 9.13. The van der Waals surface area contributed by atoms with Gasteiger partial charge < -0.3 is 15.5 Å². The summed E-state index contributed by atoms with van der Waals surface area (Å²) in [7, 11) is 0. The highest BCUT2D eigenvalue weighted by Crippen LogP contribution is 2.23. The Morgan fingerprint density at radius 3 is 2.31 bits per heavy atom. The zero-order chi connectivity index (χ0) is 18.5. The fourth-order valence-electron chi connectivity index (χ4n) is 3.05. The Kier molecular flexibility index (Phi) is 5.56. The van der Waals surface area contributed by atoms with E-state index in [1.807, 2.05) is 55.5 Å². The van der Waals surface area contributed by atoms with Crippen LogP contribution in [0.3, 0.4) is 0 Å². The molecule has 1 saturated heterocycles. The Bertz CT molecular complexity index is 769. The maximum Gasteiger partial charge on any atom is 0.246 e. The van der Waals surface area contributed by atoms with E-state index in [0.717, 1.165) is 36.4 Å². The van der Waals surface area contributed by atoms with Gasteiger partial charge in [0.15, 0.2) is 0 Å². The minimum Gasteiger partial charge on any atom is -0.374 e. The number of carbonyl (C=O) groups is 2. The summed E-state index contributed by atoms with van der Waals surface area (Å²) in [5, 5.41) is 6.12. The first kappa shape index (κ1) is 18.0. The summed E-state index contributed by atoms with van der Waals surface area (Å²) < 4.78 is 0. The van der Waals surface area contributed by atoms with Crippen LogP contribution in [0.5, 0.6) is 0 Å². The lowest BCUT2D eigenvalue weighted by molar-refractivity contribution is -0.117. The third kappa shape index (κ3) is 4.23. The Labute approximate surface area is 154 Å². The second-order valence-electron chi connectivity index (χ2n) is 6.60. The van der Waals surface area contributed by atoms with Gasteiger partial charge in [0.25, 0.3) is 0 Å². The molecule has 1 aliphatic heterocycles. The highest BCUT2D eigenvalue weighted by molar-refractivity contribution is 5.97. The SMILES string of the molecule is CCc1ccc(NC(=O)C(C)Nc2ccc(N3CCCC3=O)cc2)cc1. The first-order valence-electron chi connectivity index (χ1n) is 9.13. The molecule has 0 aliphatic carbocycles. The molecule has 5 heteroatoms. The maximum atomic E-state index is 12.4. The molecule has 0 spiro atoms. The Morgan fingerprint density at radius 2 is 1.73 bits per heavy atom. The molecule has 26 heavy (non-hydrogen) atoms. The molecule has 2 aromatic carbocycles. The van der Waals surface area contributed by atoms with E-state index in [-0.39, 0.29) is 17.9 Å². The quantitative estimate of drug-likeness (QED) is 0.832. The summed E-state index contributed by atoms with van der Waals surface area (Å²) in [6.07, 6.45) is 2.51. The second kappa shape index (κ2) is 8.04. The average Bonchev–Trinajstić information content (AvgIpc) is 3.09. The molecule has 2 aromatic rings. The van der Waals surface area contributed by atoms with Crippen LogP contribution in [0.25, 0.3) is 0 Å². The van der Waals surface area contributed by atoms with Crippen molar-refractivity contribution in [3.05, 3.63) is 54.1 Å². The number of benzene rings is 2. The monoisotopic (exact) mass is 351 g/mol. The number of nitrogens with one attached hydrogen (secondary N) is 2. The number of rotatable bonds is 6. The lowest BCUT2D eigenvalue weighted by Gasteiger charge is -2.18. The van der Waals surface area contributed by atoms with E-state index < -0.39 is 0 Å². The van der Waals surface area contributed by atoms with E-state index in [2.05, 4.69) is 17.6 Å². The van der Waals surface area contributed by atoms with E-state index in [1.165, 1.54) is 5.56 Å². The largest absolute Gasteiger partial charge is 0.374 e. The van der Waals surface area contributed by atoms with Gasteiger partial charge in [0, 0.05) is 30.0 Å². The lowest BCUT2D eigenvalue weighted by Crippen LogP contribution is -2.31. The van der Waals surface area contributed by atoms with E-state index in [4.69, 9.17) is 0 Å². The van der Waals surface area contributed by atoms with Gasteiger partial charge in [-0.15, -0.1) is 0 Å². The van der Waals surface area contributed by atoms with Gasteiger partial charge in [-0.2, -0.15) is 0 Å². The molecule has 0 bridgehead atoms. The zero-order valence-corrected chi connectivity index (χ0v) is 15.3. The number of hydrogen-bond donors (Lipinski definition) is 2. The molecule has 2 amide bonds. The van der Waals surface area contributed by atoms with Crippen LogP contribution < -0.4 is 15.5 Å². The minimum absolute atomic E-state index is 0.0898. The zero-order valence-electron chi connectivity index (χ0n) is 15.3. The van der Waals surface area contributed by atoms with Crippen molar-refractivity contribution in [3.8, 4) is 0 Å². The van der Waals surface area contributed by atoms with Crippen molar-refractivity contribution in [2.24, 2.45) is 0 Å². The number of nitrogens with zero attached hydrogens (tertiary/aromatic N) is 1. The third-order valence-electron chi connectivity index (χ3n) is 4.66. The maximum absolute atomic E-state index is 12.4. The van der Waals surface area contributed by atoms with E-state index >= 15 is 0 Å². The topological polar surface area (TPSA) is 61.4 Å². The third-order valence-corrected chi connectivity index (χ3v) is 4.66. The molecular formula is C21H25N3O2. The van der Waals surface area contributed by atoms with Gasteiger partial charge in [-0.1, -0.05) is 19.1 Å². The van der Waals surface area contributed by atoms with Crippen LogP contribution in [-0.2, 0) is 16.0 Å². The van der Waals surface area contributed by atoms with Crippen LogP contribution in [0.4, 0.5) is 17.1 Å². The van der Waals surface area contributed by atoms with Gasteiger partial charge in [0.1, 0.15) is 6.04 Å². The predicted molar refractivity (Wildman–Crippen MR) is 106 cm³/mol. The van der Waals surface area contributed by atoms with Crippen molar-refractivity contribution in [3.63, 3.8) is 0 Å². The van der Waals surface area contributed by atoms with Gasteiger partial charge in [-0.05, 0) is 61.7 Å². The van der Waals surface area contributed by atoms with Crippen LogP contribution in [0.15, 0.2) is 48.5 Å². The van der Waals surface area contributed by atoms with Crippen molar-refractivity contribution in [1.29, 1.82) is 0 Å². The fraction of sp³-hybridized carbons (Fsp3) is 0.333. The van der Waals surface area contributed by atoms with Crippen molar-refractivity contribution in [2.75, 3.05) is 22.1 Å². The molecular weight excluding hydrogens is 326 g/mol. The van der Waals surface area contributed by atoms with Gasteiger partial charge in [0.2, 0.25) is 11.8 Å². The summed E-state index contributed by atoms with van der Waals surface area (Å²) in [6.45, 7) is 4.71. The van der Waals surface area contributed by atoms with E-state index in [1.54, 1.807) is 4.90 Å². The summed E-state index contributed by atoms with van der Waals surface area (Å²) in [4.78, 5) is 26.0. The molecule has 1 aliphatic rings. The van der Waals surface area contributed by atoms with Gasteiger partial charge >= 0.3 is 0 Å². The van der Waals surface area contributed by atoms with Crippen molar-refractivity contribution in [1.82, 2.24) is 0 Å². The molecule has 2 N–H and O–H groups in total. The number of amides is 2. The van der Waals surface area contributed by atoms with Gasteiger partial charge in [-0.25, -0.2) is 0 Å². The summed E-state index contributed by atoms with van der Waals surface area (Å²) in [6, 6.07) is 15.1. The van der Waals surface area contributed by atoms with E-state index in [0.29, 0.717) is 6.42 Å². The number of aryl methyl sites for hydroxylation is 1. The van der Waals surface area contributed by atoms with Crippen molar-refractivity contribution >= 4 is 28.9 Å². The number of anilines is 3. The summed E-state index contributed by atoms with van der Waals surface area (Å²) in [5.41, 5.74) is 3.80. The fourth-order valence-corrected chi connectivity index (χ4v) is 3.05. The van der Waals surface area contributed by atoms with Gasteiger partial charge in [0.05, 0.1) is 0 Å². The second-order valence-corrected chi connectivity index (χ2v) is 6.60. The van der Waals surface area contributed by atoms with Crippen LogP contribution in [0, 0.1) is 0 Å². The smallest absolute Gasteiger partial charge is 0.246 e. The molecule has 0 saturated carbocycles. The van der Waals surface area contributed by atoms with Crippen LogP contribution in [0.2, 0.25) is 0 Å². The predicted octanol–water partition coefficient (Wildman–Crippen LogP) is 3.81. The summed E-state index contributed by atoms with van der Waals surface area (Å²) in [5.74, 6) is 0.0839. The Morgan fingerprint density at radius 1 is 1.08 bits per heavy atom. The highest BCUT2D eigenvalue weighted by atomic mass is 16.2. The standard InChI is InChI=1S/C21H25N3O2/c1-3-16-6-8-18(9-7-16)23-21(26)15(2)22-17-10-12-19(13-11-17)24-14-4-5-20(24)25/h6-13,15,22H,3-5,14H2,1-2H3,(H,23,26). The molecule has 5 nitrogen and oxygen atoms in total. The summed E-state index contributed by atoms with van der Waals surface area (Å²) >= 11 is 0. The van der Waals surface area contributed by atoms with Crippen LogP contribution in [0.1, 0.15) is 32.3 Å². The number of hydrogen-bond acceptors (Lipinski definition) is 3. The molecule has 3 rings (SSSR count). The number of carbonyl (C=O) groups excluding carboxylic acids is 2. The van der Waals surface area contributed by atoms with Crippen LogP contribution >= 0.6 is 0 Å². The molecule has 0 radical (unpaired) electrons. The molecule has 1 unspecified atom stereocenters. The lowest BCUT2D eigenvalue weighted by atomic mass is 10.1. The van der Waals surface area contributed by atoms with E-state index in [9.17, 15) is 9.59 Å². The molecule has 1 fully saturated rings. The Hall–Kier alpha value is -2.82. The normalized spacial score (nSPS) is 15.0. The first-order chi connectivity index (χ1) is 12.6. The highest BCUT2D eigenvalue weighted by Gasteiger charge is 2.21. The molecule has 0 aromatic heterocycles. The van der Waals surface area contributed by atoms with Gasteiger partial charge in [-0.3, -0.25) is 9.59 Å².